The first-order valence-corrected chi connectivity index (χ1v) is 5.07. The van der Waals surface area contributed by atoms with Crippen LogP contribution in [0.25, 0.3) is 16.7 Å². The molecule has 0 spiro atoms. The second-order valence-corrected chi connectivity index (χ2v) is 3.59. The molecule has 1 aromatic heterocycles. The summed E-state index contributed by atoms with van der Waals surface area (Å²) in [5.74, 6) is 0.255. The van der Waals surface area contributed by atoms with E-state index in [0.717, 1.165) is 16.7 Å². The van der Waals surface area contributed by atoms with Crippen LogP contribution in [0.3, 0.4) is 0 Å². The number of aromatic hydroxyl groups is 1. The van der Waals surface area contributed by atoms with Gasteiger partial charge in [-0.2, -0.15) is 0 Å². The van der Waals surface area contributed by atoms with Crippen molar-refractivity contribution in [2.75, 3.05) is 0 Å². The SMILES string of the molecule is Oc1ccccc1-n1cnc2ccccc21.[Zn]. The van der Waals surface area contributed by atoms with Crippen LogP contribution in [-0.4, -0.2) is 14.7 Å². The van der Waals surface area contributed by atoms with Crippen LogP contribution < -0.4 is 0 Å². The van der Waals surface area contributed by atoms with Crippen molar-refractivity contribution < 1.29 is 24.6 Å². The third-order valence-electron chi connectivity index (χ3n) is 2.59. The maximum atomic E-state index is 9.79. The average molecular weight is 276 g/mol. The predicted molar refractivity (Wildman–Crippen MR) is 62.7 cm³/mol. The molecule has 3 nitrogen and oxygen atoms in total. The van der Waals surface area contributed by atoms with Gasteiger partial charge >= 0.3 is 0 Å². The van der Waals surface area contributed by atoms with Crippen molar-refractivity contribution in [3.63, 3.8) is 0 Å². The first-order valence-electron chi connectivity index (χ1n) is 5.07. The van der Waals surface area contributed by atoms with Crippen molar-refractivity contribution in [3.8, 4) is 11.4 Å². The van der Waals surface area contributed by atoms with Crippen LogP contribution in [0.2, 0.25) is 0 Å². The van der Waals surface area contributed by atoms with Gasteiger partial charge in [0.15, 0.2) is 0 Å². The van der Waals surface area contributed by atoms with Gasteiger partial charge in [-0.25, -0.2) is 4.98 Å². The number of phenolic OH excluding ortho intramolecular Hbond substituents is 1. The molecule has 0 unspecified atom stereocenters. The van der Waals surface area contributed by atoms with Crippen molar-refractivity contribution >= 4 is 11.0 Å². The van der Waals surface area contributed by atoms with Crippen molar-refractivity contribution in [2.24, 2.45) is 0 Å². The summed E-state index contributed by atoms with van der Waals surface area (Å²) < 4.78 is 1.88. The van der Waals surface area contributed by atoms with E-state index in [1.54, 1.807) is 18.5 Å². The number of para-hydroxylation sites is 4. The Balaban J connectivity index is 0.00000108. The van der Waals surface area contributed by atoms with Gasteiger partial charge < -0.3 is 5.11 Å². The first kappa shape index (κ1) is 11.8. The minimum absolute atomic E-state index is 0. The van der Waals surface area contributed by atoms with E-state index in [-0.39, 0.29) is 25.2 Å². The summed E-state index contributed by atoms with van der Waals surface area (Å²) in [6.45, 7) is 0. The number of fused-ring (bicyclic) bond motifs is 1. The Kier molecular flexibility index (Phi) is 3.25. The van der Waals surface area contributed by atoms with Gasteiger partial charge in [-0.1, -0.05) is 24.3 Å². The van der Waals surface area contributed by atoms with Gasteiger partial charge in [0.1, 0.15) is 12.1 Å². The number of hydrogen-bond donors (Lipinski definition) is 1. The minimum atomic E-state index is 0. The van der Waals surface area contributed by atoms with Gasteiger partial charge in [-0.3, -0.25) is 4.57 Å². The Morgan fingerprint density at radius 1 is 0.941 bits per heavy atom. The van der Waals surface area contributed by atoms with Crippen molar-refractivity contribution in [1.29, 1.82) is 0 Å². The third kappa shape index (κ3) is 1.96. The molecule has 0 fully saturated rings. The summed E-state index contributed by atoms with van der Waals surface area (Å²) in [6, 6.07) is 15.1. The maximum absolute atomic E-state index is 9.79. The second-order valence-electron chi connectivity index (χ2n) is 3.59. The van der Waals surface area contributed by atoms with Crippen LogP contribution >= 0.6 is 0 Å². The van der Waals surface area contributed by atoms with Crippen molar-refractivity contribution in [3.05, 3.63) is 54.9 Å². The molecule has 0 aliphatic rings. The topological polar surface area (TPSA) is 38.0 Å². The summed E-state index contributed by atoms with van der Waals surface area (Å²) in [7, 11) is 0. The molecular weight excluding hydrogens is 266 g/mol. The largest absolute Gasteiger partial charge is 0.506 e. The first-order chi connectivity index (χ1) is 7.86. The summed E-state index contributed by atoms with van der Waals surface area (Å²) in [6.07, 6.45) is 1.72. The van der Waals surface area contributed by atoms with E-state index in [2.05, 4.69) is 4.98 Å². The normalized spacial score (nSPS) is 10.1. The summed E-state index contributed by atoms with van der Waals surface area (Å²) in [5.41, 5.74) is 2.66. The monoisotopic (exact) mass is 274 g/mol. The van der Waals surface area contributed by atoms with Crippen LogP contribution in [-0.2, 0) is 19.5 Å². The number of nitrogens with zero attached hydrogens (tertiary/aromatic N) is 2. The zero-order valence-electron chi connectivity index (χ0n) is 9.24. The summed E-state index contributed by atoms with van der Waals surface area (Å²) in [4.78, 5) is 4.29. The van der Waals surface area contributed by atoms with Crippen LogP contribution in [0.1, 0.15) is 0 Å². The number of hydrogen-bond acceptors (Lipinski definition) is 2. The molecule has 4 heteroatoms. The Bertz CT molecular complexity index is 648. The van der Waals surface area contributed by atoms with Gasteiger partial charge in [0.25, 0.3) is 0 Å². The minimum Gasteiger partial charge on any atom is -0.506 e. The van der Waals surface area contributed by atoms with E-state index in [1.165, 1.54) is 0 Å². The second kappa shape index (κ2) is 4.68. The number of aromatic nitrogens is 2. The van der Waals surface area contributed by atoms with E-state index in [9.17, 15) is 5.11 Å². The fraction of sp³-hybridized carbons (Fsp3) is 0. The molecule has 3 rings (SSSR count). The molecule has 0 amide bonds. The van der Waals surface area contributed by atoms with Crippen LogP contribution in [0, 0.1) is 0 Å². The Morgan fingerprint density at radius 3 is 2.47 bits per heavy atom. The van der Waals surface area contributed by atoms with Gasteiger partial charge in [-0.05, 0) is 24.3 Å². The molecule has 0 aliphatic carbocycles. The van der Waals surface area contributed by atoms with E-state index in [1.807, 2.05) is 41.0 Å². The molecule has 0 saturated heterocycles. The Morgan fingerprint density at radius 2 is 1.65 bits per heavy atom. The molecule has 17 heavy (non-hydrogen) atoms. The van der Waals surface area contributed by atoms with Gasteiger partial charge in [0.05, 0.1) is 16.7 Å². The van der Waals surface area contributed by atoms with E-state index < -0.39 is 0 Å². The van der Waals surface area contributed by atoms with Crippen LogP contribution in [0.4, 0.5) is 0 Å². The summed E-state index contributed by atoms with van der Waals surface area (Å²) >= 11 is 0. The smallest absolute Gasteiger partial charge is 0.139 e. The average Bonchev–Trinajstić information content (AvgIpc) is 2.74. The molecule has 0 bridgehead atoms. The Labute approximate surface area is 111 Å². The molecule has 80 valence electrons. The van der Waals surface area contributed by atoms with Crippen LogP contribution in [0.5, 0.6) is 5.75 Å². The zero-order chi connectivity index (χ0) is 11.0. The Hall–Kier alpha value is -1.67. The van der Waals surface area contributed by atoms with Crippen LogP contribution in [0.15, 0.2) is 54.9 Å². The van der Waals surface area contributed by atoms with Crippen molar-refractivity contribution in [1.82, 2.24) is 9.55 Å². The molecule has 3 aromatic rings. The standard InChI is InChI=1S/C13H10N2O.Zn/c16-13-8-4-3-7-12(13)15-9-14-10-5-1-2-6-11(10)15;/h1-9,16H;. The van der Waals surface area contributed by atoms with E-state index >= 15 is 0 Å². The molecule has 0 aliphatic heterocycles. The molecule has 0 radical (unpaired) electrons. The predicted octanol–water partition coefficient (Wildman–Crippen LogP) is 2.73. The van der Waals surface area contributed by atoms with E-state index in [4.69, 9.17) is 0 Å². The molecule has 2 aromatic carbocycles. The molecule has 1 N–H and O–H groups in total. The number of benzene rings is 2. The van der Waals surface area contributed by atoms with Gasteiger partial charge in [0.2, 0.25) is 0 Å². The quantitative estimate of drug-likeness (QED) is 0.694. The zero-order valence-corrected chi connectivity index (χ0v) is 12.2. The molecule has 0 atom stereocenters. The van der Waals surface area contributed by atoms with Crippen molar-refractivity contribution in [2.45, 2.75) is 0 Å². The molecular formula is C13H10N2OZn. The number of rotatable bonds is 1. The van der Waals surface area contributed by atoms with Gasteiger partial charge in [-0.15, -0.1) is 0 Å². The fourth-order valence-electron chi connectivity index (χ4n) is 1.82. The van der Waals surface area contributed by atoms with Gasteiger partial charge in [0, 0.05) is 19.5 Å². The maximum Gasteiger partial charge on any atom is 0.139 e. The number of imidazole rings is 1. The molecule has 1 heterocycles. The van der Waals surface area contributed by atoms with E-state index in [0.29, 0.717) is 0 Å². The number of phenols is 1. The third-order valence-corrected chi connectivity index (χ3v) is 2.59. The molecule has 0 saturated carbocycles. The summed E-state index contributed by atoms with van der Waals surface area (Å²) in [5, 5.41) is 9.79. The fourth-order valence-corrected chi connectivity index (χ4v) is 1.82.